The standard InChI is InChI=1S/C24H28N2O6/c1-5-12-25-18-13-15(4)8-10-17(18)24(23(25)29)21(22(28)31-7-3)19-14-16(26(24)32-19)9-11-20(27)30-6-2/h5,8-11,13,16,19,21H,1,6-7,12,14H2,2-4H3/b11-9+/t16-,19+,21-,24+/m1/s1. The van der Waals surface area contributed by atoms with E-state index in [-0.39, 0.29) is 25.2 Å². The molecule has 0 aromatic heterocycles. The molecule has 1 aromatic carbocycles. The van der Waals surface area contributed by atoms with Crippen LogP contribution in [0.4, 0.5) is 5.69 Å². The summed E-state index contributed by atoms with van der Waals surface area (Å²) in [6, 6.07) is 5.36. The number of nitrogens with zero attached hydrogens (tertiary/aromatic N) is 2. The summed E-state index contributed by atoms with van der Waals surface area (Å²) in [5, 5.41) is 1.59. The van der Waals surface area contributed by atoms with E-state index in [9.17, 15) is 14.4 Å². The van der Waals surface area contributed by atoms with Crippen LogP contribution in [0, 0.1) is 12.8 Å². The summed E-state index contributed by atoms with van der Waals surface area (Å²) >= 11 is 0. The lowest BCUT2D eigenvalue weighted by Crippen LogP contribution is -2.59. The Labute approximate surface area is 187 Å². The van der Waals surface area contributed by atoms with Crippen molar-refractivity contribution in [3.63, 3.8) is 0 Å². The molecule has 2 saturated heterocycles. The number of hydroxylamine groups is 2. The van der Waals surface area contributed by atoms with Crippen molar-refractivity contribution in [2.45, 2.75) is 44.9 Å². The zero-order valence-corrected chi connectivity index (χ0v) is 18.6. The smallest absolute Gasteiger partial charge is 0.330 e. The molecule has 32 heavy (non-hydrogen) atoms. The Kier molecular flexibility index (Phi) is 5.92. The van der Waals surface area contributed by atoms with Gasteiger partial charge in [0.2, 0.25) is 0 Å². The fourth-order valence-corrected chi connectivity index (χ4v) is 5.08. The van der Waals surface area contributed by atoms with Gasteiger partial charge in [-0.25, -0.2) is 4.79 Å². The lowest BCUT2D eigenvalue weighted by Gasteiger charge is -2.40. The first-order valence-electron chi connectivity index (χ1n) is 10.9. The molecule has 170 valence electrons. The second-order valence-corrected chi connectivity index (χ2v) is 8.11. The quantitative estimate of drug-likeness (QED) is 0.366. The van der Waals surface area contributed by atoms with Crippen LogP contribution in [0.25, 0.3) is 0 Å². The van der Waals surface area contributed by atoms with Gasteiger partial charge in [-0.3, -0.25) is 14.4 Å². The SMILES string of the molecule is C=CCN1C(=O)[C@]2(c3ccc(C)cc31)[C@@H](C(=O)OCC)[C@@H]1C[C@@H](/C=C/C(=O)OCC)N2O1. The normalized spacial score (nSPS) is 30.2. The minimum Gasteiger partial charge on any atom is -0.466 e. The molecule has 5 atom stereocenters. The van der Waals surface area contributed by atoms with Gasteiger partial charge in [0, 0.05) is 18.2 Å². The number of carbonyl (C=O) groups is 3. The lowest BCUT2D eigenvalue weighted by molar-refractivity contribution is -0.175. The third-order valence-corrected chi connectivity index (χ3v) is 6.21. The van der Waals surface area contributed by atoms with E-state index in [2.05, 4.69) is 6.58 Å². The van der Waals surface area contributed by atoms with Crippen LogP contribution in [0.5, 0.6) is 0 Å². The molecule has 1 aromatic rings. The molecule has 0 saturated carbocycles. The number of rotatable bonds is 7. The fraction of sp³-hybridized carbons (Fsp3) is 0.458. The number of hydrogen-bond acceptors (Lipinski definition) is 7. The van der Waals surface area contributed by atoms with E-state index in [0.29, 0.717) is 18.5 Å². The molecular weight excluding hydrogens is 412 g/mol. The van der Waals surface area contributed by atoms with Crippen LogP contribution < -0.4 is 4.90 Å². The Bertz CT molecular complexity index is 989. The number of carbonyl (C=O) groups excluding carboxylic acids is 3. The number of aryl methyl sites for hydroxylation is 1. The van der Waals surface area contributed by atoms with Gasteiger partial charge in [-0.15, -0.1) is 6.58 Å². The molecule has 0 N–H and O–H groups in total. The van der Waals surface area contributed by atoms with Crippen LogP contribution in [0.2, 0.25) is 0 Å². The molecular formula is C24H28N2O6. The number of esters is 2. The van der Waals surface area contributed by atoms with Crippen molar-refractivity contribution in [3.05, 3.63) is 54.1 Å². The highest BCUT2D eigenvalue weighted by molar-refractivity contribution is 6.10. The summed E-state index contributed by atoms with van der Waals surface area (Å²) in [5.74, 6) is -2.01. The molecule has 3 aliphatic rings. The van der Waals surface area contributed by atoms with Gasteiger partial charge in [-0.2, -0.15) is 5.06 Å². The van der Waals surface area contributed by atoms with Gasteiger partial charge >= 0.3 is 11.9 Å². The van der Waals surface area contributed by atoms with Gasteiger partial charge in [-0.1, -0.05) is 24.3 Å². The molecule has 0 aliphatic carbocycles. The summed E-state index contributed by atoms with van der Waals surface area (Å²) < 4.78 is 10.4. The highest BCUT2D eigenvalue weighted by Crippen LogP contribution is 2.59. The number of piperidine rings is 1. The van der Waals surface area contributed by atoms with Crippen LogP contribution in [0.3, 0.4) is 0 Å². The van der Waals surface area contributed by atoms with Crippen LogP contribution in [-0.4, -0.2) is 54.8 Å². The van der Waals surface area contributed by atoms with E-state index in [1.165, 1.54) is 6.08 Å². The van der Waals surface area contributed by atoms with Gasteiger partial charge < -0.3 is 14.4 Å². The third-order valence-electron chi connectivity index (χ3n) is 6.21. The highest BCUT2D eigenvalue weighted by atomic mass is 16.7. The van der Waals surface area contributed by atoms with Crippen LogP contribution in [0.15, 0.2) is 43.0 Å². The number of fused-ring (bicyclic) bond motifs is 5. The predicted octanol–water partition coefficient (Wildman–Crippen LogP) is 2.41. The van der Waals surface area contributed by atoms with E-state index >= 15 is 0 Å². The number of ether oxygens (including phenoxy) is 2. The zero-order chi connectivity index (χ0) is 23.0. The van der Waals surface area contributed by atoms with Gasteiger partial charge in [0.1, 0.15) is 5.92 Å². The number of anilines is 1. The number of hydrogen-bond donors (Lipinski definition) is 0. The maximum Gasteiger partial charge on any atom is 0.330 e. The topological polar surface area (TPSA) is 85.4 Å². The van der Waals surface area contributed by atoms with Crippen molar-refractivity contribution in [3.8, 4) is 0 Å². The summed E-state index contributed by atoms with van der Waals surface area (Å²) in [6.45, 7) is 9.99. The highest BCUT2D eigenvalue weighted by Gasteiger charge is 2.73. The first-order chi connectivity index (χ1) is 15.4. The largest absolute Gasteiger partial charge is 0.466 e. The van der Waals surface area contributed by atoms with Crippen molar-refractivity contribution in [1.82, 2.24) is 5.06 Å². The molecule has 2 bridgehead atoms. The van der Waals surface area contributed by atoms with E-state index < -0.39 is 29.5 Å². The summed E-state index contributed by atoms with van der Waals surface area (Å²) in [5.41, 5.74) is 1.05. The van der Waals surface area contributed by atoms with Gasteiger partial charge in [0.25, 0.3) is 5.91 Å². The minimum absolute atomic E-state index is 0.204. The monoisotopic (exact) mass is 440 g/mol. The number of amides is 1. The first kappa shape index (κ1) is 22.2. The fourth-order valence-electron chi connectivity index (χ4n) is 5.08. The predicted molar refractivity (Wildman–Crippen MR) is 116 cm³/mol. The van der Waals surface area contributed by atoms with Crippen LogP contribution in [0.1, 0.15) is 31.4 Å². The third kappa shape index (κ3) is 3.17. The maximum atomic E-state index is 14.0. The van der Waals surface area contributed by atoms with Gasteiger partial charge in [0.15, 0.2) is 5.54 Å². The Morgan fingerprint density at radius 2 is 2.03 bits per heavy atom. The maximum absolute atomic E-state index is 14.0. The van der Waals surface area contributed by atoms with Crippen LogP contribution in [-0.2, 0) is 34.2 Å². The zero-order valence-electron chi connectivity index (χ0n) is 18.6. The minimum atomic E-state index is -1.37. The average Bonchev–Trinajstić information content (AvgIpc) is 3.38. The molecule has 1 amide bonds. The van der Waals surface area contributed by atoms with Gasteiger partial charge in [0.05, 0.1) is 31.0 Å². The summed E-state index contributed by atoms with van der Waals surface area (Å²) in [6.07, 6.45) is 4.59. The van der Waals surface area contributed by atoms with Gasteiger partial charge in [-0.05, 0) is 38.8 Å². The molecule has 2 fully saturated rings. The second kappa shape index (κ2) is 8.52. The molecule has 1 spiro atoms. The van der Waals surface area contributed by atoms with Crippen molar-refractivity contribution in [2.75, 3.05) is 24.7 Å². The first-order valence-corrected chi connectivity index (χ1v) is 10.9. The van der Waals surface area contributed by atoms with Crippen LogP contribution >= 0.6 is 0 Å². The Morgan fingerprint density at radius 1 is 1.28 bits per heavy atom. The van der Waals surface area contributed by atoms with Crippen molar-refractivity contribution in [1.29, 1.82) is 0 Å². The van der Waals surface area contributed by atoms with E-state index in [0.717, 1.165) is 11.3 Å². The molecule has 1 unspecified atom stereocenters. The van der Waals surface area contributed by atoms with E-state index in [1.807, 2.05) is 25.1 Å². The second-order valence-electron chi connectivity index (χ2n) is 8.11. The summed E-state index contributed by atoms with van der Waals surface area (Å²) in [7, 11) is 0. The van der Waals surface area contributed by atoms with Crippen molar-refractivity contribution in [2.24, 2.45) is 5.92 Å². The molecule has 8 heteroatoms. The average molecular weight is 440 g/mol. The van der Waals surface area contributed by atoms with Crippen molar-refractivity contribution < 1.29 is 28.7 Å². The Balaban J connectivity index is 1.84. The van der Waals surface area contributed by atoms with Crippen molar-refractivity contribution >= 4 is 23.5 Å². The lowest BCUT2D eigenvalue weighted by atomic mass is 9.71. The summed E-state index contributed by atoms with van der Waals surface area (Å²) in [4.78, 5) is 46.8. The Morgan fingerprint density at radius 3 is 2.72 bits per heavy atom. The van der Waals surface area contributed by atoms with E-state index in [4.69, 9.17) is 14.3 Å². The molecule has 8 nitrogen and oxygen atoms in total. The molecule has 3 heterocycles. The molecule has 4 rings (SSSR count). The molecule has 0 radical (unpaired) electrons. The molecule has 3 aliphatic heterocycles. The number of benzene rings is 1. The van der Waals surface area contributed by atoms with E-state index in [1.54, 1.807) is 36.0 Å². The Hall–Kier alpha value is -2.97.